The molecule has 8 heteroatoms. The molecule has 0 amide bonds. The summed E-state index contributed by atoms with van der Waals surface area (Å²) in [6.07, 6.45) is -0.0373. The molecule has 5 nitrogen and oxygen atoms in total. The Bertz CT molecular complexity index is 574. The highest BCUT2D eigenvalue weighted by Crippen LogP contribution is 2.27. The molecule has 0 aromatic heterocycles. The van der Waals surface area contributed by atoms with Crippen molar-refractivity contribution in [2.45, 2.75) is 11.3 Å². The summed E-state index contributed by atoms with van der Waals surface area (Å²) in [6.45, 7) is -0.00213. The number of hydrogen-bond acceptors (Lipinski definition) is 4. The second-order valence-electron chi connectivity index (χ2n) is 3.73. The highest BCUT2D eigenvalue weighted by molar-refractivity contribution is 7.89. The van der Waals surface area contributed by atoms with Gasteiger partial charge in [0.25, 0.3) is 0 Å². The third kappa shape index (κ3) is 4.07. The molecular weight excluding hydrogens is 313 g/mol. The zero-order chi connectivity index (χ0) is 14.6. The summed E-state index contributed by atoms with van der Waals surface area (Å²) in [6, 6.07) is 4.18. The summed E-state index contributed by atoms with van der Waals surface area (Å²) in [5.41, 5.74) is 0. The molecule has 0 bridgehead atoms. The van der Waals surface area contributed by atoms with Crippen LogP contribution in [0.2, 0.25) is 10.0 Å². The molecule has 1 aromatic carbocycles. The van der Waals surface area contributed by atoms with E-state index >= 15 is 0 Å². The van der Waals surface area contributed by atoms with Crippen molar-refractivity contribution in [1.29, 1.82) is 0 Å². The maximum absolute atomic E-state index is 12.2. The van der Waals surface area contributed by atoms with Crippen LogP contribution in [0.3, 0.4) is 0 Å². The fraction of sp³-hybridized carbons (Fsp3) is 0.364. The normalized spacial score (nSPS) is 11.6. The van der Waals surface area contributed by atoms with Crippen molar-refractivity contribution in [2.24, 2.45) is 0 Å². The van der Waals surface area contributed by atoms with E-state index in [1.54, 1.807) is 0 Å². The van der Waals surface area contributed by atoms with Crippen molar-refractivity contribution < 1.29 is 17.9 Å². The Morgan fingerprint density at radius 2 is 2.00 bits per heavy atom. The minimum atomic E-state index is -3.79. The topological polar surface area (TPSA) is 63.7 Å². The van der Waals surface area contributed by atoms with E-state index in [4.69, 9.17) is 23.2 Å². The minimum Gasteiger partial charge on any atom is -0.469 e. The Morgan fingerprint density at radius 1 is 1.37 bits per heavy atom. The lowest BCUT2D eigenvalue weighted by Crippen LogP contribution is -2.29. The van der Waals surface area contributed by atoms with Gasteiger partial charge in [0, 0.05) is 18.6 Å². The van der Waals surface area contributed by atoms with Gasteiger partial charge >= 0.3 is 5.97 Å². The fourth-order valence-corrected chi connectivity index (χ4v) is 3.22. The Hall–Kier alpha value is -0.820. The van der Waals surface area contributed by atoms with Gasteiger partial charge in [-0.15, -0.1) is 0 Å². The van der Waals surface area contributed by atoms with Crippen LogP contribution in [0.5, 0.6) is 0 Å². The van der Waals surface area contributed by atoms with Gasteiger partial charge in [-0.05, 0) is 18.2 Å². The molecule has 1 aromatic rings. The lowest BCUT2D eigenvalue weighted by atomic mass is 10.4. The van der Waals surface area contributed by atoms with Gasteiger partial charge in [-0.1, -0.05) is 23.2 Å². The first-order valence-corrected chi connectivity index (χ1v) is 7.47. The maximum Gasteiger partial charge on any atom is 0.306 e. The average molecular weight is 326 g/mol. The quantitative estimate of drug-likeness (QED) is 0.778. The standard InChI is InChI=1S/C11H13Cl2NO4S/c1-14(6-5-11(15)18-2)19(16,17)10-7-8(12)3-4-9(10)13/h3-4,7H,5-6H2,1-2H3. The summed E-state index contributed by atoms with van der Waals surface area (Å²) in [5, 5.41) is 0.346. The van der Waals surface area contributed by atoms with Gasteiger partial charge in [-0.3, -0.25) is 4.79 Å². The number of rotatable bonds is 5. The van der Waals surface area contributed by atoms with Gasteiger partial charge < -0.3 is 4.74 Å². The van der Waals surface area contributed by atoms with Gasteiger partial charge in [0.05, 0.1) is 18.6 Å². The smallest absolute Gasteiger partial charge is 0.306 e. The molecule has 106 valence electrons. The third-order valence-electron chi connectivity index (χ3n) is 2.44. The lowest BCUT2D eigenvalue weighted by molar-refractivity contribution is -0.140. The van der Waals surface area contributed by atoms with Gasteiger partial charge in [-0.2, -0.15) is 0 Å². The lowest BCUT2D eigenvalue weighted by Gasteiger charge is -2.17. The van der Waals surface area contributed by atoms with Crippen LogP contribution in [0.1, 0.15) is 6.42 Å². The van der Waals surface area contributed by atoms with E-state index in [9.17, 15) is 13.2 Å². The van der Waals surface area contributed by atoms with Gasteiger partial charge in [0.1, 0.15) is 4.90 Å². The van der Waals surface area contributed by atoms with Crippen LogP contribution in [0, 0.1) is 0 Å². The van der Waals surface area contributed by atoms with Gasteiger partial charge in [0.2, 0.25) is 10.0 Å². The molecule has 0 aliphatic rings. The van der Waals surface area contributed by atoms with Crippen molar-refractivity contribution in [3.8, 4) is 0 Å². The van der Waals surface area contributed by atoms with Gasteiger partial charge in [-0.25, -0.2) is 12.7 Å². The Morgan fingerprint density at radius 3 is 2.58 bits per heavy atom. The zero-order valence-corrected chi connectivity index (χ0v) is 12.7. The molecular formula is C11H13Cl2NO4S. The highest BCUT2D eigenvalue weighted by Gasteiger charge is 2.24. The molecule has 0 atom stereocenters. The molecule has 0 aliphatic carbocycles. The number of sulfonamides is 1. The minimum absolute atomic E-state index is 0.00213. The van der Waals surface area contributed by atoms with Crippen molar-refractivity contribution in [3.05, 3.63) is 28.2 Å². The first-order chi connectivity index (χ1) is 8.78. The molecule has 0 N–H and O–H groups in total. The van der Waals surface area contributed by atoms with E-state index in [0.717, 1.165) is 4.31 Å². The third-order valence-corrected chi connectivity index (χ3v) is 5.01. The highest BCUT2D eigenvalue weighted by atomic mass is 35.5. The van der Waals surface area contributed by atoms with Crippen molar-refractivity contribution >= 4 is 39.2 Å². The summed E-state index contributed by atoms with van der Waals surface area (Å²) in [4.78, 5) is 10.9. The van der Waals surface area contributed by atoms with Crippen LogP contribution in [0.4, 0.5) is 0 Å². The number of carbonyl (C=O) groups is 1. The largest absolute Gasteiger partial charge is 0.469 e. The van der Waals surface area contributed by atoms with Crippen LogP contribution in [0.25, 0.3) is 0 Å². The molecule has 0 fully saturated rings. The molecule has 1 rings (SSSR count). The van der Waals surface area contributed by atoms with E-state index in [-0.39, 0.29) is 27.9 Å². The van der Waals surface area contributed by atoms with Crippen LogP contribution in [-0.2, 0) is 19.6 Å². The van der Waals surface area contributed by atoms with Crippen molar-refractivity contribution in [1.82, 2.24) is 4.31 Å². The number of ether oxygens (including phenoxy) is 1. The molecule has 0 aliphatic heterocycles. The fourth-order valence-electron chi connectivity index (χ4n) is 1.31. The molecule has 0 spiro atoms. The second kappa shape index (κ2) is 6.56. The van der Waals surface area contributed by atoms with Crippen molar-refractivity contribution in [3.63, 3.8) is 0 Å². The Labute approximate surface area is 122 Å². The van der Waals surface area contributed by atoms with E-state index in [1.807, 2.05) is 0 Å². The molecule has 0 radical (unpaired) electrons. The van der Waals surface area contributed by atoms with Crippen LogP contribution >= 0.6 is 23.2 Å². The predicted octanol–water partition coefficient (Wildman–Crippen LogP) is 2.18. The van der Waals surface area contributed by atoms with E-state index in [2.05, 4.69) is 4.74 Å². The zero-order valence-electron chi connectivity index (χ0n) is 10.4. The van der Waals surface area contributed by atoms with E-state index < -0.39 is 16.0 Å². The first kappa shape index (κ1) is 16.2. The van der Waals surface area contributed by atoms with E-state index in [0.29, 0.717) is 0 Å². The van der Waals surface area contributed by atoms with Crippen LogP contribution in [0.15, 0.2) is 23.1 Å². The van der Waals surface area contributed by atoms with Crippen LogP contribution in [-0.4, -0.2) is 39.4 Å². The second-order valence-corrected chi connectivity index (χ2v) is 6.58. The first-order valence-electron chi connectivity index (χ1n) is 5.27. The number of halogens is 2. The molecule has 0 saturated heterocycles. The van der Waals surface area contributed by atoms with Crippen LogP contribution < -0.4 is 0 Å². The summed E-state index contributed by atoms with van der Waals surface area (Å²) >= 11 is 11.6. The monoisotopic (exact) mass is 325 g/mol. The Kier molecular flexibility index (Phi) is 5.61. The summed E-state index contributed by atoms with van der Waals surface area (Å²) in [5.74, 6) is -0.487. The van der Waals surface area contributed by atoms with E-state index in [1.165, 1.54) is 32.4 Å². The molecule has 19 heavy (non-hydrogen) atoms. The summed E-state index contributed by atoms with van der Waals surface area (Å²) in [7, 11) is -1.19. The molecule has 0 heterocycles. The number of methoxy groups -OCH3 is 1. The predicted molar refractivity (Wildman–Crippen MR) is 72.9 cm³/mol. The number of benzene rings is 1. The maximum atomic E-state index is 12.2. The summed E-state index contributed by atoms with van der Waals surface area (Å²) < 4.78 is 30.0. The SMILES string of the molecule is COC(=O)CCN(C)S(=O)(=O)c1cc(Cl)ccc1Cl. The molecule has 0 unspecified atom stereocenters. The average Bonchev–Trinajstić information content (AvgIpc) is 2.37. The Balaban J connectivity index is 2.97. The number of hydrogen-bond donors (Lipinski definition) is 0. The van der Waals surface area contributed by atoms with Gasteiger partial charge in [0.15, 0.2) is 0 Å². The van der Waals surface area contributed by atoms with Crippen molar-refractivity contribution in [2.75, 3.05) is 20.7 Å². The number of nitrogens with zero attached hydrogens (tertiary/aromatic N) is 1. The number of esters is 1. The molecule has 0 saturated carbocycles. The number of carbonyl (C=O) groups excluding carboxylic acids is 1.